The molecule has 0 aliphatic heterocycles. The molecule has 4 heteroatoms. The normalized spacial score (nSPS) is 12.5. The van der Waals surface area contributed by atoms with Gasteiger partial charge in [-0.05, 0) is 47.5 Å². The van der Waals surface area contributed by atoms with Crippen molar-refractivity contribution in [2.45, 2.75) is 26.5 Å². The molecule has 0 saturated carbocycles. The van der Waals surface area contributed by atoms with Gasteiger partial charge in [-0.1, -0.05) is 6.07 Å². The minimum absolute atomic E-state index is 0.0681. The lowest BCUT2D eigenvalue weighted by Gasteiger charge is -2.30. The Bertz CT molecular complexity index is 357. The van der Waals surface area contributed by atoms with Crippen LogP contribution in [0.1, 0.15) is 19.4 Å². The third-order valence-electron chi connectivity index (χ3n) is 2.78. The van der Waals surface area contributed by atoms with E-state index in [1.807, 2.05) is 18.2 Å². The molecule has 1 N–H and O–H groups in total. The third kappa shape index (κ3) is 3.69. The highest BCUT2D eigenvalue weighted by molar-refractivity contribution is 9.10. The molecular weight excluding hydrogens is 282 g/mol. The molecule has 1 unspecified atom stereocenters. The largest absolute Gasteiger partial charge is 0.392 e. The first-order valence-corrected chi connectivity index (χ1v) is 6.58. The number of aliphatic hydroxyl groups is 1. The maximum absolute atomic E-state index is 9.09. The van der Waals surface area contributed by atoms with E-state index < -0.39 is 0 Å². The highest BCUT2D eigenvalue weighted by Crippen LogP contribution is 2.28. The van der Waals surface area contributed by atoms with Crippen molar-refractivity contribution in [3.63, 3.8) is 0 Å². The van der Waals surface area contributed by atoms with Gasteiger partial charge < -0.3 is 14.7 Å². The summed E-state index contributed by atoms with van der Waals surface area (Å²) in [5, 5.41) is 9.09. The van der Waals surface area contributed by atoms with Gasteiger partial charge in [-0.3, -0.25) is 0 Å². The fourth-order valence-corrected chi connectivity index (χ4v) is 2.59. The molecule has 0 aliphatic carbocycles. The number of hydrogen-bond acceptors (Lipinski definition) is 3. The SMILES string of the molecule is CCN(c1ccc(CO)cc1Br)C(C)COC. The number of likely N-dealkylation sites (N-methyl/N-ethyl adjacent to an activating group) is 1. The fraction of sp³-hybridized carbons (Fsp3) is 0.538. The molecule has 0 amide bonds. The second-order valence-electron chi connectivity index (χ2n) is 4.03. The smallest absolute Gasteiger partial charge is 0.0682 e. The first kappa shape index (κ1) is 14.5. The molecule has 0 spiro atoms. The molecule has 0 fully saturated rings. The van der Waals surface area contributed by atoms with E-state index in [1.54, 1.807) is 7.11 Å². The van der Waals surface area contributed by atoms with Crippen molar-refractivity contribution in [1.82, 2.24) is 0 Å². The van der Waals surface area contributed by atoms with Crippen LogP contribution in [-0.2, 0) is 11.3 Å². The summed E-state index contributed by atoms with van der Waals surface area (Å²) in [5.41, 5.74) is 2.05. The zero-order chi connectivity index (χ0) is 12.8. The number of anilines is 1. The number of rotatable bonds is 6. The van der Waals surface area contributed by atoms with E-state index >= 15 is 0 Å². The van der Waals surface area contributed by atoms with Crippen LogP contribution < -0.4 is 4.90 Å². The van der Waals surface area contributed by atoms with Crippen LogP contribution >= 0.6 is 15.9 Å². The fourth-order valence-electron chi connectivity index (χ4n) is 1.93. The Labute approximate surface area is 112 Å². The minimum atomic E-state index is 0.0681. The predicted octanol–water partition coefficient (Wildman–Crippen LogP) is 2.80. The molecule has 96 valence electrons. The summed E-state index contributed by atoms with van der Waals surface area (Å²) < 4.78 is 6.20. The number of methoxy groups -OCH3 is 1. The molecule has 0 bridgehead atoms. The second-order valence-corrected chi connectivity index (χ2v) is 4.89. The Balaban J connectivity index is 2.95. The first-order chi connectivity index (χ1) is 8.13. The summed E-state index contributed by atoms with van der Waals surface area (Å²) in [6, 6.07) is 6.26. The van der Waals surface area contributed by atoms with Gasteiger partial charge in [-0.15, -0.1) is 0 Å². The highest BCUT2D eigenvalue weighted by Gasteiger charge is 2.15. The van der Waals surface area contributed by atoms with Crippen LogP contribution in [-0.4, -0.2) is 31.4 Å². The standard InChI is InChI=1S/C13H20BrNO2/c1-4-15(10(2)9-17-3)13-6-5-11(8-16)7-12(13)14/h5-7,10,16H,4,8-9H2,1-3H3. The zero-order valence-electron chi connectivity index (χ0n) is 10.6. The van der Waals surface area contributed by atoms with Crippen LogP contribution in [0.5, 0.6) is 0 Å². The van der Waals surface area contributed by atoms with Crippen molar-refractivity contribution < 1.29 is 9.84 Å². The van der Waals surface area contributed by atoms with E-state index in [4.69, 9.17) is 9.84 Å². The van der Waals surface area contributed by atoms with Gasteiger partial charge in [-0.25, -0.2) is 0 Å². The molecule has 0 heterocycles. The Morgan fingerprint density at radius 3 is 2.65 bits per heavy atom. The van der Waals surface area contributed by atoms with Gasteiger partial charge in [-0.2, -0.15) is 0 Å². The van der Waals surface area contributed by atoms with Crippen LogP contribution in [0.2, 0.25) is 0 Å². The monoisotopic (exact) mass is 301 g/mol. The van der Waals surface area contributed by atoms with Gasteiger partial charge in [0.2, 0.25) is 0 Å². The van der Waals surface area contributed by atoms with Crippen LogP contribution in [0.15, 0.2) is 22.7 Å². The lowest BCUT2D eigenvalue weighted by Crippen LogP contribution is -2.36. The van der Waals surface area contributed by atoms with Crippen LogP contribution in [0, 0.1) is 0 Å². The van der Waals surface area contributed by atoms with E-state index in [1.165, 1.54) is 0 Å². The molecule has 1 atom stereocenters. The van der Waals surface area contributed by atoms with E-state index in [9.17, 15) is 0 Å². The number of nitrogens with zero attached hydrogens (tertiary/aromatic N) is 1. The van der Waals surface area contributed by atoms with Crippen LogP contribution in [0.3, 0.4) is 0 Å². The molecule has 17 heavy (non-hydrogen) atoms. The quantitative estimate of drug-likeness (QED) is 0.877. The van der Waals surface area contributed by atoms with E-state index in [-0.39, 0.29) is 6.61 Å². The minimum Gasteiger partial charge on any atom is -0.392 e. The van der Waals surface area contributed by atoms with Gasteiger partial charge in [0.15, 0.2) is 0 Å². The lowest BCUT2D eigenvalue weighted by molar-refractivity contribution is 0.182. The van der Waals surface area contributed by atoms with E-state index in [2.05, 4.69) is 34.7 Å². The summed E-state index contributed by atoms with van der Waals surface area (Å²) in [4.78, 5) is 2.27. The summed E-state index contributed by atoms with van der Waals surface area (Å²) in [6.07, 6.45) is 0. The Kier molecular flexibility index (Phi) is 5.95. The van der Waals surface area contributed by atoms with Gasteiger partial charge in [0, 0.05) is 24.2 Å². The number of benzene rings is 1. The molecule has 0 saturated heterocycles. The highest BCUT2D eigenvalue weighted by atomic mass is 79.9. The number of ether oxygens (including phenoxy) is 1. The van der Waals surface area contributed by atoms with Crippen LogP contribution in [0.25, 0.3) is 0 Å². The van der Waals surface area contributed by atoms with Gasteiger partial charge in [0.25, 0.3) is 0 Å². The lowest BCUT2D eigenvalue weighted by atomic mass is 10.1. The number of halogens is 1. The molecule has 0 aliphatic rings. The molecule has 3 nitrogen and oxygen atoms in total. The summed E-state index contributed by atoms with van der Waals surface area (Å²) in [6.45, 7) is 5.94. The molecule has 1 aromatic carbocycles. The van der Waals surface area contributed by atoms with Crippen molar-refractivity contribution in [2.75, 3.05) is 25.2 Å². The van der Waals surface area contributed by atoms with Crippen LogP contribution in [0.4, 0.5) is 5.69 Å². The summed E-state index contributed by atoms with van der Waals surface area (Å²) in [5.74, 6) is 0. The van der Waals surface area contributed by atoms with E-state index in [0.29, 0.717) is 12.6 Å². The van der Waals surface area contributed by atoms with E-state index in [0.717, 1.165) is 22.3 Å². The Hall–Kier alpha value is -0.580. The Morgan fingerprint density at radius 1 is 1.47 bits per heavy atom. The van der Waals surface area contributed by atoms with Gasteiger partial charge in [0.1, 0.15) is 0 Å². The van der Waals surface area contributed by atoms with Crippen molar-refractivity contribution in [3.8, 4) is 0 Å². The van der Waals surface area contributed by atoms with Crippen molar-refractivity contribution in [1.29, 1.82) is 0 Å². The summed E-state index contributed by atoms with van der Waals surface area (Å²) in [7, 11) is 1.72. The topological polar surface area (TPSA) is 32.7 Å². The van der Waals surface area contributed by atoms with Crippen molar-refractivity contribution in [2.24, 2.45) is 0 Å². The first-order valence-electron chi connectivity index (χ1n) is 5.78. The van der Waals surface area contributed by atoms with Crippen molar-refractivity contribution in [3.05, 3.63) is 28.2 Å². The summed E-state index contributed by atoms with van der Waals surface area (Å²) >= 11 is 3.56. The molecule has 1 aromatic rings. The third-order valence-corrected chi connectivity index (χ3v) is 3.42. The molecular formula is C13H20BrNO2. The average molecular weight is 302 g/mol. The number of aliphatic hydroxyl groups excluding tert-OH is 1. The molecule has 0 radical (unpaired) electrons. The predicted molar refractivity (Wildman–Crippen MR) is 74.4 cm³/mol. The zero-order valence-corrected chi connectivity index (χ0v) is 12.2. The Morgan fingerprint density at radius 2 is 2.18 bits per heavy atom. The maximum Gasteiger partial charge on any atom is 0.0682 e. The average Bonchev–Trinajstić information content (AvgIpc) is 2.32. The maximum atomic E-state index is 9.09. The molecule has 1 rings (SSSR count). The molecule has 0 aromatic heterocycles. The van der Waals surface area contributed by atoms with Gasteiger partial charge in [0.05, 0.1) is 18.9 Å². The number of hydrogen-bond donors (Lipinski definition) is 1. The second kappa shape index (κ2) is 6.99. The van der Waals surface area contributed by atoms with Gasteiger partial charge >= 0.3 is 0 Å². The van der Waals surface area contributed by atoms with Crippen molar-refractivity contribution >= 4 is 21.6 Å².